The minimum atomic E-state index is -2.49. The van der Waals surface area contributed by atoms with Crippen molar-refractivity contribution in [3.05, 3.63) is 42.5 Å². The SMILES string of the molecule is COc1ccc(NC(=O)C[C@@H]2SC(=Nc3ccc(SC(F)F)cc3)N(C3CCCC3)C2=O)c(OC)c1. The Labute approximate surface area is 217 Å². The summed E-state index contributed by atoms with van der Waals surface area (Å²) in [5.41, 5.74) is 1.06. The molecule has 36 heavy (non-hydrogen) atoms. The molecule has 1 atom stereocenters. The van der Waals surface area contributed by atoms with Crippen molar-refractivity contribution in [2.75, 3.05) is 19.5 Å². The quantitative estimate of drug-likeness (QED) is 0.402. The highest BCUT2D eigenvalue weighted by atomic mass is 32.2. The van der Waals surface area contributed by atoms with Gasteiger partial charge in [0.05, 0.1) is 25.6 Å². The number of halogens is 2. The third kappa shape index (κ3) is 6.31. The Bertz CT molecular complexity index is 1120. The molecule has 1 saturated carbocycles. The molecule has 11 heteroatoms. The summed E-state index contributed by atoms with van der Waals surface area (Å²) >= 11 is 1.74. The van der Waals surface area contributed by atoms with Crippen molar-refractivity contribution >= 4 is 51.9 Å². The molecule has 2 aromatic carbocycles. The van der Waals surface area contributed by atoms with E-state index in [0.29, 0.717) is 44.7 Å². The zero-order chi connectivity index (χ0) is 25.7. The number of nitrogens with one attached hydrogen (secondary N) is 1. The van der Waals surface area contributed by atoms with Crippen LogP contribution in [0.5, 0.6) is 11.5 Å². The van der Waals surface area contributed by atoms with Gasteiger partial charge in [-0.05, 0) is 49.2 Å². The number of amides is 2. The van der Waals surface area contributed by atoms with Crippen LogP contribution < -0.4 is 14.8 Å². The van der Waals surface area contributed by atoms with Gasteiger partial charge in [-0.15, -0.1) is 0 Å². The van der Waals surface area contributed by atoms with E-state index in [1.54, 1.807) is 54.5 Å². The number of anilines is 1. The Kier molecular flexibility index (Phi) is 8.73. The zero-order valence-corrected chi connectivity index (χ0v) is 21.5. The van der Waals surface area contributed by atoms with E-state index in [-0.39, 0.29) is 24.3 Å². The van der Waals surface area contributed by atoms with E-state index in [9.17, 15) is 18.4 Å². The van der Waals surface area contributed by atoms with Gasteiger partial charge in [-0.25, -0.2) is 4.99 Å². The van der Waals surface area contributed by atoms with Crippen LogP contribution in [0.4, 0.5) is 20.2 Å². The van der Waals surface area contributed by atoms with Crippen LogP contribution in [0.25, 0.3) is 0 Å². The lowest BCUT2D eigenvalue weighted by Gasteiger charge is -2.23. The van der Waals surface area contributed by atoms with Gasteiger partial charge in [-0.2, -0.15) is 8.78 Å². The Balaban J connectivity index is 1.50. The van der Waals surface area contributed by atoms with Crippen LogP contribution in [-0.4, -0.2) is 53.2 Å². The molecule has 2 aliphatic rings. The summed E-state index contributed by atoms with van der Waals surface area (Å²) in [5, 5.41) is 2.76. The van der Waals surface area contributed by atoms with Crippen molar-refractivity contribution in [1.29, 1.82) is 0 Å². The highest BCUT2D eigenvalue weighted by molar-refractivity contribution is 8.15. The zero-order valence-electron chi connectivity index (χ0n) is 19.9. The molecular formula is C25H27F2N3O4S2. The number of amidine groups is 1. The monoisotopic (exact) mass is 535 g/mol. The Morgan fingerprint density at radius 1 is 1.17 bits per heavy atom. The molecular weight excluding hydrogens is 508 g/mol. The molecule has 1 N–H and O–H groups in total. The third-order valence-corrected chi connectivity index (χ3v) is 7.87. The van der Waals surface area contributed by atoms with Crippen LogP contribution in [0.15, 0.2) is 52.4 Å². The lowest BCUT2D eigenvalue weighted by molar-refractivity contribution is -0.129. The maximum absolute atomic E-state index is 13.4. The van der Waals surface area contributed by atoms with E-state index in [1.165, 1.54) is 18.9 Å². The smallest absolute Gasteiger partial charge is 0.288 e. The van der Waals surface area contributed by atoms with E-state index in [2.05, 4.69) is 10.3 Å². The van der Waals surface area contributed by atoms with Gasteiger partial charge < -0.3 is 14.8 Å². The maximum Gasteiger partial charge on any atom is 0.288 e. The molecule has 0 aromatic heterocycles. The molecule has 7 nitrogen and oxygen atoms in total. The second-order valence-electron chi connectivity index (χ2n) is 8.34. The number of ether oxygens (including phenoxy) is 2. The second-order valence-corrected chi connectivity index (χ2v) is 10.6. The number of thioether (sulfide) groups is 2. The van der Waals surface area contributed by atoms with Crippen LogP contribution in [0.2, 0.25) is 0 Å². The molecule has 2 fully saturated rings. The summed E-state index contributed by atoms with van der Waals surface area (Å²) < 4.78 is 35.8. The maximum atomic E-state index is 13.4. The summed E-state index contributed by atoms with van der Waals surface area (Å²) in [4.78, 5) is 33.1. The number of aliphatic imine (C=N–C) groups is 1. The van der Waals surface area contributed by atoms with Crippen molar-refractivity contribution in [2.24, 2.45) is 4.99 Å². The van der Waals surface area contributed by atoms with E-state index < -0.39 is 11.0 Å². The van der Waals surface area contributed by atoms with Crippen LogP contribution in [0.1, 0.15) is 32.1 Å². The first-order valence-corrected chi connectivity index (χ1v) is 13.3. The molecule has 0 radical (unpaired) electrons. The summed E-state index contributed by atoms with van der Waals surface area (Å²) in [6, 6.07) is 11.6. The number of carbonyl (C=O) groups is 2. The van der Waals surface area contributed by atoms with Crippen molar-refractivity contribution < 1.29 is 27.8 Å². The number of nitrogens with zero attached hydrogens (tertiary/aromatic N) is 2. The van der Waals surface area contributed by atoms with E-state index in [1.807, 2.05) is 0 Å². The highest BCUT2D eigenvalue weighted by Crippen LogP contribution is 2.38. The van der Waals surface area contributed by atoms with Crippen LogP contribution in [0.3, 0.4) is 0 Å². The molecule has 1 aliphatic heterocycles. The fraction of sp³-hybridized carbons (Fsp3) is 0.400. The molecule has 2 aromatic rings. The highest BCUT2D eigenvalue weighted by Gasteiger charge is 2.43. The molecule has 192 valence electrons. The van der Waals surface area contributed by atoms with Gasteiger partial charge in [0.25, 0.3) is 5.76 Å². The topological polar surface area (TPSA) is 80.2 Å². The van der Waals surface area contributed by atoms with Crippen molar-refractivity contribution in [1.82, 2.24) is 4.90 Å². The molecule has 4 rings (SSSR count). The largest absolute Gasteiger partial charge is 0.497 e. The molecule has 1 heterocycles. The number of alkyl halides is 2. The van der Waals surface area contributed by atoms with Gasteiger partial charge in [0, 0.05) is 23.4 Å². The Hall–Kier alpha value is -2.79. The first kappa shape index (κ1) is 26.3. The number of hydrogen-bond donors (Lipinski definition) is 1. The lowest BCUT2D eigenvalue weighted by atomic mass is 10.2. The predicted octanol–water partition coefficient (Wildman–Crippen LogP) is 5.92. The molecule has 1 aliphatic carbocycles. The van der Waals surface area contributed by atoms with Gasteiger partial charge in [0.2, 0.25) is 11.8 Å². The molecule has 0 unspecified atom stereocenters. The summed E-state index contributed by atoms with van der Waals surface area (Å²) in [6.45, 7) is 0. The van der Waals surface area contributed by atoms with E-state index >= 15 is 0 Å². The average molecular weight is 536 g/mol. The van der Waals surface area contributed by atoms with Crippen molar-refractivity contribution in [3.8, 4) is 11.5 Å². The first-order valence-electron chi connectivity index (χ1n) is 11.5. The Morgan fingerprint density at radius 2 is 1.89 bits per heavy atom. The van der Waals surface area contributed by atoms with Gasteiger partial charge in [-0.1, -0.05) is 36.4 Å². The minimum Gasteiger partial charge on any atom is -0.497 e. The van der Waals surface area contributed by atoms with E-state index in [0.717, 1.165) is 25.7 Å². The molecule has 2 amide bonds. The molecule has 1 saturated heterocycles. The van der Waals surface area contributed by atoms with Crippen molar-refractivity contribution in [3.63, 3.8) is 0 Å². The number of hydrogen-bond acceptors (Lipinski definition) is 7. The van der Waals surface area contributed by atoms with Crippen LogP contribution in [-0.2, 0) is 9.59 Å². The predicted molar refractivity (Wildman–Crippen MR) is 139 cm³/mol. The normalized spacial score (nSPS) is 19.4. The summed E-state index contributed by atoms with van der Waals surface area (Å²) in [6.07, 6.45) is 3.82. The van der Waals surface area contributed by atoms with Gasteiger partial charge in [-0.3, -0.25) is 14.5 Å². The fourth-order valence-electron chi connectivity index (χ4n) is 4.28. The fourth-order valence-corrected chi connectivity index (χ4v) is 5.99. The second kappa shape index (κ2) is 12.0. The number of carbonyl (C=O) groups excluding carboxylic acids is 2. The van der Waals surface area contributed by atoms with Gasteiger partial charge >= 0.3 is 0 Å². The van der Waals surface area contributed by atoms with Gasteiger partial charge in [0.1, 0.15) is 16.7 Å². The minimum absolute atomic E-state index is 0.0229. The van der Waals surface area contributed by atoms with Crippen molar-refractivity contribution in [2.45, 2.75) is 54.0 Å². The Morgan fingerprint density at radius 3 is 2.53 bits per heavy atom. The average Bonchev–Trinajstić information content (AvgIpc) is 3.48. The standard InChI is InChI=1S/C25H27F2N3O4S2/c1-33-17-9-12-19(20(13-17)34-2)29-22(31)14-21-23(32)30(16-5-3-4-6-16)25(36-21)28-15-7-10-18(11-8-15)35-24(26)27/h7-13,16,21,24H,3-6,14H2,1-2H3,(H,29,31)/t21-/m0/s1. The molecule has 0 bridgehead atoms. The summed E-state index contributed by atoms with van der Waals surface area (Å²) in [7, 11) is 3.05. The number of benzene rings is 2. The molecule has 0 spiro atoms. The van der Waals surface area contributed by atoms with Gasteiger partial charge in [0.15, 0.2) is 5.17 Å². The third-order valence-electron chi connectivity index (χ3n) is 6.00. The van der Waals surface area contributed by atoms with Crippen LogP contribution in [0, 0.1) is 0 Å². The van der Waals surface area contributed by atoms with Crippen LogP contribution >= 0.6 is 23.5 Å². The number of rotatable bonds is 9. The lowest BCUT2D eigenvalue weighted by Crippen LogP contribution is -2.40. The summed E-state index contributed by atoms with van der Waals surface area (Å²) in [5.74, 6) is -1.89. The first-order chi connectivity index (χ1) is 17.4. The van der Waals surface area contributed by atoms with E-state index in [4.69, 9.17) is 9.47 Å². The number of methoxy groups -OCH3 is 2.